The largest absolute Gasteiger partial charge is 0.260 e. The molecule has 0 atom stereocenters. The highest BCUT2D eigenvalue weighted by Gasteiger charge is 2.17. The molecular formula is C6H5BrFNO2S. The van der Waals surface area contributed by atoms with Crippen molar-refractivity contribution in [3.8, 4) is 0 Å². The van der Waals surface area contributed by atoms with Gasteiger partial charge < -0.3 is 0 Å². The molecular weight excluding hydrogens is 249 g/mol. The first-order valence-electron chi connectivity index (χ1n) is 2.92. The van der Waals surface area contributed by atoms with Crippen LogP contribution in [-0.2, 0) is 9.84 Å². The van der Waals surface area contributed by atoms with Gasteiger partial charge in [0.25, 0.3) is 0 Å². The molecule has 0 aromatic carbocycles. The second-order valence-electron chi connectivity index (χ2n) is 2.20. The molecule has 0 N–H and O–H groups in total. The summed E-state index contributed by atoms with van der Waals surface area (Å²) in [5.41, 5.74) is 0. The standard InChI is InChI=1S/C6H5BrFNO2S/c1-12(10,11)6-4(7)2-9-3-5(6)8/h2-3H,1H3. The summed E-state index contributed by atoms with van der Waals surface area (Å²) >= 11 is 2.90. The molecule has 0 saturated heterocycles. The molecule has 1 aromatic rings. The molecule has 0 unspecified atom stereocenters. The Balaban J connectivity index is 3.53. The van der Waals surface area contributed by atoms with E-state index in [1.165, 1.54) is 6.20 Å². The van der Waals surface area contributed by atoms with Crippen LogP contribution >= 0.6 is 15.9 Å². The number of hydrogen-bond acceptors (Lipinski definition) is 3. The smallest absolute Gasteiger partial charge is 0.179 e. The van der Waals surface area contributed by atoms with Crippen LogP contribution in [0.1, 0.15) is 0 Å². The average molecular weight is 254 g/mol. The van der Waals surface area contributed by atoms with Crippen molar-refractivity contribution in [3.05, 3.63) is 22.7 Å². The Hall–Kier alpha value is -0.490. The zero-order chi connectivity index (χ0) is 9.35. The lowest BCUT2D eigenvalue weighted by atomic mass is 10.5. The molecule has 66 valence electrons. The second kappa shape index (κ2) is 3.10. The van der Waals surface area contributed by atoms with E-state index in [2.05, 4.69) is 20.9 Å². The van der Waals surface area contributed by atoms with E-state index in [0.29, 0.717) is 0 Å². The maximum atomic E-state index is 12.9. The Kier molecular flexibility index (Phi) is 2.48. The van der Waals surface area contributed by atoms with E-state index < -0.39 is 15.7 Å². The van der Waals surface area contributed by atoms with Gasteiger partial charge in [-0.1, -0.05) is 0 Å². The van der Waals surface area contributed by atoms with Gasteiger partial charge >= 0.3 is 0 Å². The molecule has 0 radical (unpaired) electrons. The lowest BCUT2D eigenvalue weighted by molar-refractivity contribution is 0.564. The molecule has 0 bridgehead atoms. The van der Waals surface area contributed by atoms with E-state index in [1.54, 1.807) is 0 Å². The number of nitrogens with zero attached hydrogens (tertiary/aromatic N) is 1. The summed E-state index contributed by atoms with van der Waals surface area (Å²) in [6, 6.07) is 0. The van der Waals surface area contributed by atoms with E-state index in [-0.39, 0.29) is 9.37 Å². The summed E-state index contributed by atoms with van der Waals surface area (Å²) < 4.78 is 35.0. The normalized spacial score (nSPS) is 11.6. The van der Waals surface area contributed by atoms with Gasteiger partial charge in [0.05, 0.1) is 10.7 Å². The molecule has 1 aromatic heterocycles. The van der Waals surface area contributed by atoms with Gasteiger partial charge in [0.2, 0.25) is 0 Å². The first-order valence-corrected chi connectivity index (χ1v) is 5.60. The predicted octanol–water partition coefficient (Wildman–Crippen LogP) is 1.39. The number of sulfone groups is 1. The Labute approximate surface area is 77.7 Å². The van der Waals surface area contributed by atoms with Crippen molar-refractivity contribution in [3.63, 3.8) is 0 Å². The molecule has 0 spiro atoms. The quantitative estimate of drug-likeness (QED) is 0.760. The van der Waals surface area contributed by atoms with Gasteiger partial charge in [0.15, 0.2) is 15.7 Å². The van der Waals surface area contributed by atoms with Gasteiger partial charge in [0, 0.05) is 12.5 Å². The van der Waals surface area contributed by atoms with Crippen molar-refractivity contribution in [1.82, 2.24) is 4.98 Å². The van der Waals surface area contributed by atoms with E-state index in [9.17, 15) is 12.8 Å². The van der Waals surface area contributed by atoms with Crippen molar-refractivity contribution in [2.24, 2.45) is 0 Å². The van der Waals surface area contributed by atoms with Crippen LogP contribution in [0.15, 0.2) is 21.8 Å². The number of hydrogen-bond donors (Lipinski definition) is 0. The van der Waals surface area contributed by atoms with Crippen LogP contribution in [0.2, 0.25) is 0 Å². The van der Waals surface area contributed by atoms with E-state index in [1.807, 2.05) is 0 Å². The molecule has 0 saturated carbocycles. The second-order valence-corrected chi connectivity index (χ2v) is 5.01. The number of halogens is 2. The van der Waals surface area contributed by atoms with E-state index in [4.69, 9.17) is 0 Å². The SMILES string of the molecule is CS(=O)(=O)c1c(F)cncc1Br. The van der Waals surface area contributed by atoms with Crippen molar-refractivity contribution >= 4 is 25.8 Å². The summed E-state index contributed by atoms with van der Waals surface area (Å²) in [4.78, 5) is 3.12. The third kappa shape index (κ3) is 1.81. The first-order chi connectivity index (χ1) is 5.43. The fourth-order valence-electron chi connectivity index (χ4n) is 0.754. The topological polar surface area (TPSA) is 47.0 Å². The lowest BCUT2D eigenvalue weighted by Gasteiger charge is -2.01. The summed E-state index contributed by atoms with van der Waals surface area (Å²) in [6.07, 6.45) is 3.04. The maximum absolute atomic E-state index is 12.9. The highest BCUT2D eigenvalue weighted by molar-refractivity contribution is 9.10. The van der Waals surface area contributed by atoms with Gasteiger partial charge in [-0.3, -0.25) is 4.98 Å². The Morgan fingerprint density at radius 3 is 2.42 bits per heavy atom. The maximum Gasteiger partial charge on any atom is 0.179 e. The third-order valence-electron chi connectivity index (χ3n) is 1.18. The van der Waals surface area contributed by atoms with Crippen molar-refractivity contribution in [2.75, 3.05) is 6.26 Å². The van der Waals surface area contributed by atoms with Crippen LogP contribution in [0, 0.1) is 5.82 Å². The van der Waals surface area contributed by atoms with Gasteiger partial charge in [-0.15, -0.1) is 0 Å². The average Bonchev–Trinajstić information content (AvgIpc) is 1.82. The minimum Gasteiger partial charge on any atom is -0.260 e. The third-order valence-corrected chi connectivity index (χ3v) is 3.20. The Morgan fingerprint density at radius 2 is 2.08 bits per heavy atom. The summed E-state index contributed by atoms with van der Waals surface area (Å²) in [6.45, 7) is 0. The first kappa shape index (κ1) is 9.60. The van der Waals surface area contributed by atoms with E-state index in [0.717, 1.165) is 12.5 Å². The van der Waals surface area contributed by atoms with Gasteiger partial charge in [0.1, 0.15) is 4.90 Å². The monoisotopic (exact) mass is 253 g/mol. The summed E-state index contributed by atoms with van der Waals surface area (Å²) in [7, 11) is -3.53. The van der Waals surface area contributed by atoms with Crippen LogP contribution in [0.3, 0.4) is 0 Å². The van der Waals surface area contributed by atoms with E-state index >= 15 is 0 Å². The van der Waals surface area contributed by atoms with Crippen molar-refractivity contribution in [1.29, 1.82) is 0 Å². The molecule has 0 aliphatic rings. The van der Waals surface area contributed by atoms with Crippen molar-refractivity contribution in [2.45, 2.75) is 4.90 Å². The van der Waals surface area contributed by atoms with Crippen LogP contribution in [0.25, 0.3) is 0 Å². The molecule has 1 heterocycles. The number of aromatic nitrogens is 1. The molecule has 0 amide bonds. The fraction of sp³-hybridized carbons (Fsp3) is 0.167. The van der Waals surface area contributed by atoms with Crippen LogP contribution in [-0.4, -0.2) is 19.7 Å². The van der Waals surface area contributed by atoms with Crippen LogP contribution < -0.4 is 0 Å². The highest BCUT2D eigenvalue weighted by atomic mass is 79.9. The fourth-order valence-corrected chi connectivity index (χ4v) is 2.76. The Morgan fingerprint density at radius 1 is 1.50 bits per heavy atom. The van der Waals surface area contributed by atoms with Crippen LogP contribution in [0.4, 0.5) is 4.39 Å². The van der Waals surface area contributed by atoms with Gasteiger partial charge in [-0.25, -0.2) is 12.8 Å². The zero-order valence-electron chi connectivity index (χ0n) is 6.08. The zero-order valence-corrected chi connectivity index (χ0v) is 8.49. The number of rotatable bonds is 1. The van der Waals surface area contributed by atoms with Gasteiger partial charge in [-0.05, 0) is 15.9 Å². The minimum atomic E-state index is -3.53. The van der Waals surface area contributed by atoms with Gasteiger partial charge in [-0.2, -0.15) is 0 Å². The molecule has 6 heteroatoms. The minimum absolute atomic E-state index is 0.144. The van der Waals surface area contributed by atoms with Crippen molar-refractivity contribution < 1.29 is 12.8 Å². The molecule has 12 heavy (non-hydrogen) atoms. The van der Waals surface area contributed by atoms with Crippen LogP contribution in [0.5, 0.6) is 0 Å². The molecule has 1 rings (SSSR count). The molecule has 3 nitrogen and oxygen atoms in total. The highest BCUT2D eigenvalue weighted by Crippen LogP contribution is 2.22. The molecule has 0 aliphatic heterocycles. The summed E-state index contributed by atoms with van der Waals surface area (Å²) in [5, 5.41) is 0. The molecule has 0 aliphatic carbocycles. The molecule has 0 fully saturated rings. The Bertz CT molecular complexity index is 384. The lowest BCUT2D eigenvalue weighted by Crippen LogP contribution is -2.02. The predicted molar refractivity (Wildman–Crippen MR) is 45.0 cm³/mol. The summed E-state index contributed by atoms with van der Waals surface area (Å²) in [5.74, 6) is -0.841. The number of pyridine rings is 1.